The average Bonchev–Trinajstić information content (AvgIpc) is 2.67. The van der Waals surface area contributed by atoms with Crippen LogP contribution >= 0.6 is 0 Å². The van der Waals surface area contributed by atoms with Gasteiger partial charge in [0.05, 0.1) is 0 Å². The summed E-state index contributed by atoms with van der Waals surface area (Å²) in [6.45, 7) is 7.09. The fourth-order valence-corrected chi connectivity index (χ4v) is 8.87. The normalized spacial score (nSPS) is 15.4. The smallest absolute Gasteiger partial charge is 0.450 e. The molecule has 1 fully saturated rings. The number of benzene rings is 2. The van der Waals surface area contributed by atoms with Gasteiger partial charge in [0, 0.05) is 6.10 Å². The predicted molar refractivity (Wildman–Crippen MR) is 116 cm³/mol. The van der Waals surface area contributed by atoms with Crippen LogP contribution in [0.3, 0.4) is 0 Å². The highest BCUT2D eigenvalue weighted by Gasteiger charge is 2.51. The van der Waals surface area contributed by atoms with Crippen molar-refractivity contribution in [3.63, 3.8) is 0 Å². The second-order valence-electron chi connectivity index (χ2n) is 8.32. The Bertz CT molecular complexity index is 676. The highest BCUT2D eigenvalue weighted by atomic mass is 28.4. The van der Waals surface area contributed by atoms with E-state index in [9.17, 15) is 0 Å². The van der Waals surface area contributed by atoms with E-state index in [0.717, 1.165) is 0 Å². The molecule has 1 aliphatic carbocycles. The monoisotopic (exact) mass is 400 g/mol. The zero-order valence-corrected chi connectivity index (χ0v) is 18.1. The molecule has 5 heteroatoms. The Morgan fingerprint density at radius 3 is 1.61 bits per heavy atom. The number of hydrogen-bond donors (Lipinski definition) is 2. The van der Waals surface area contributed by atoms with Gasteiger partial charge in [0.2, 0.25) is 0 Å². The Labute approximate surface area is 169 Å². The molecule has 1 aliphatic rings. The molecular formula is C23H32O4Si. The molecule has 0 amide bonds. The Balaban J connectivity index is 0.000000640. The van der Waals surface area contributed by atoms with Gasteiger partial charge in [-0.05, 0) is 28.3 Å². The maximum atomic E-state index is 8.56. The van der Waals surface area contributed by atoms with Crippen molar-refractivity contribution in [1.29, 1.82) is 0 Å². The highest BCUT2D eigenvalue weighted by molar-refractivity contribution is 6.99. The summed E-state index contributed by atoms with van der Waals surface area (Å²) in [5, 5.41) is 16.8. The van der Waals surface area contributed by atoms with E-state index in [1.807, 2.05) is 0 Å². The number of rotatable bonds is 4. The molecular weight excluding hydrogens is 368 g/mol. The molecule has 0 aromatic heterocycles. The summed E-state index contributed by atoms with van der Waals surface area (Å²) in [5.74, 6) is 0. The Morgan fingerprint density at radius 1 is 0.857 bits per heavy atom. The molecule has 2 N–H and O–H groups in total. The van der Waals surface area contributed by atoms with Gasteiger partial charge in [-0.3, -0.25) is 0 Å². The van der Waals surface area contributed by atoms with Crippen LogP contribution in [0.4, 0.5) is 4.79 Å². The quantitative estimate of drug-likeness (QED) is 0.699. The van der Waals surface area contributed by atoms with Crippen molar-refractivity contribution in [2.75, 3.05) is 0 Å². The lowest BCUT2D eigenvalue weighted by Crippen LogP contribution is -2.67. The van der Waals surface area contributed by atoms with Crippen LogP contribution in [0.25, 0.3) is 0 Å². The molecule has 0 aliphatic heterocycles. The molecule has 3 rings (SSSR count). The summed E-state index contributed by atoms with van der Waals surface area (Å²) in [5.41, 5.74) is 0. The molecule has 152 valence electrons. The van der Waals surface area contributed by atoms with E-state index in [1.165, 1.54) is 42.5 Å². The SMILES string of the molecule is CC(C)(C)[Si](OC1CCCCC1)(c1ccccc1)c1ccccc1.O=C(O)O. The third-order valence-electron chi connectivity index (χ3n) is 5.31. The number of carbonyl (C=O) groups is 1. The maximum absolute atomic E-state index is 8.56. The van der Waals surface area contributed by atoms with Crippen LogP contribution in [0.15, 0.2) is 60.7 Å². The van der Waals surface area contributed by atoms with Crippen molar-refractivity contribution < 1.29 is 19.4 Å². The lowest BCUT2D eigenvalue weighted by atomic mass is 9.98. The van der Waals surface area contributed by atoms with Gasteiger partial charge < -0.3 is 14.6 Å². The Morgan fingerprint density at radius 2 is 1.25 bits per heavy atom. The van der Waals surface area contributed by atoms with Crippen LogP contribution in [0.2, 0.25) is 5.04 Å². The van der Waals surface area contributed by atoms with Gasteiger partial charge in [-0.1, -0.05) is 101 Å². The van der Waals surface area contributed by atoms with Gasteiger partial charge >= 0.3 is 6.16 Å². The first kappa shape index (κ1) is 22.2. The first-order chi connectivity index (χ1) is 13.3. The van der Waals surface area contributed by atoms with E-state index in [-0.39, 0.29) is 5.04 Å². The van der Waals surface area contributed by atoms with Crippen LogP contribution in [0.5, 0.6) is 0 Å². The van der Waals surface area contributed by atoms with E-state index in [0.29, 0.717) is 6.10 Å². The minimum Gasteiger partial charge on any atom is -0.450 e. The highest BCUT2D eigenvalue weighted by Crippen LogP contribution is 2.39. The molecule has 0 unspecified atom stereocenters. The van der Waals surface area contributed by atoms with Gasteiger partial charge in [0.1, 0.15) is 0 Å². The van der Waals surface area contributed by atoms with Crippen molar-refractivity contribution in [3.05, 3.63) is 60.7 Å². The van der Waals surface area contributed by atoms with Crippen molar-refractivity contribution >= 4 is 24.8 Å². The minimum atomic E-state index is -2.34. The van der Waals surface area contributed by atoms with Crippen molar-refractivity contribution in [3.8, 4) is 0 Å². The van der Waals surface area contributed by atoms with E-state index < -0.39 is 14.5 Å². The first-order valence-electron chi connectivity index (χ1n) is 9.98. The molecule has 0 saturated heterocycles. The van der Waals surface area contributed by atoms with Gasteiger partial charge in [0.25, 0.3) is 8.32 Å². The van der Waals surface area contributed by atoms with Crippen LogP contribution in [0.1, 0.15) is 52.9 Å². The van der Waals surface area contributed by atoms with Crippen LogP contribution in [-0.4, -0.2) is 30.8 Å². The summed E-state index contributed by atoms with van der Waals surface area (Å²) in [4.78, 5) is 8.56. The predicted octanol–water partition coefficient (Wildman–Crippen LogP) is 5.12. The van der Waals surface area contributed by atoms with Crippen LogP contribution in [-0.2, 0) is 4.43 Å². The largest absolute Gasteiger partial charge is 0.503 e. The van der Waals surface area contributed by atoms with E-state index >= 15 is 0 Å². The zero-order chi connectivity index (χ0) is 20.6. The molecule has 0 radical (unpaired) electrons. The molecule has 0 spiro atoms. The lowest BCUT2D eigenvalue weighted by molar-refractivity contribution is 0.137. The maximum Gasteiger partial charge on any atom is 0.503 e. The average molecular weight is 401 g/mol. The van der Waals surface area contributed by atoms with Gasteiger partial charge in [0.15, 0.2) is 0 Å². The molecule has 0 heterocycles. The number of hydrogen-bond acceptors (Lipinski definition) is 2. The zero-order valence-electron chi connectivity index (χ0n) is 17.1. The Kier molecular flexibility index (Phi) is 7.84. The summed E-state index contributed by atoms with van der Waals surface area (Å²) >= 11 is 0. The van der Waals surface area contributed by atoms with Gasteiger partial charge in [-0.2, -0.15) is 0 Å². The fraction of sp³-hybridized carbons (Fsp3) is 0.435. The molecule has 1 saturated carbocycles. The van der Waals surface area contributed by atoms with Crippen molar-refractivity contribution in [2.24, 2.45) is 0 Å². The molecule has 2 aromatic rings. The minimum absolute atomic E-state index is 0.0904. The molecule has 2 aromatic carbocycles. The van der Waals surface area contributed by atoms with Crippen LogP contribution in [0, 0.1) is 0 Å². The number of carboxylic acid groups (broad SMARTS) is 2. The summed E-state index contributed by atoms with van der Waals surface area (Å²) in [7, 11) is -2.34. The second kappa shape index (κ2) is 9.89. The standard InChI is InChI=1S/C22H30OSi.CH2O3/c1-22(2,3)24(20-15-9-5-10-16-20,21-17-11-6-12-18-21)23-19-13-7-4-8-14-19;2-1(3)4/h5-6,9-12,15-19H,4,7-8,13-14H2,1-3H3;(H2,2,3,4). The lowest BCUT2D eigenvalue weighted by Gasteiger charge is -2.45. The van der Waals surface area contributed by atoms with Crippen molar-refractivity contribution in [1.82, 2.24) is 0 Å². The van der Waals surface area contributed by atoms with Crippen LogP contribution < -0.4 is 10.4 Å². The topological polar surface area (TPSA) is 66.8 Å². The second-order valence-corrected chi connectivity index (χ2v) is 12.6. The first-order valence-corrected chi connectivity index (χ1v) is 11.9. The summed E-state index contributed by atoms with van der Waals surface area (Å²) in [6, 6.07) is 22.0. The van der Waals surface area contributed by atoms with E-state index in [2.05, 4.69) is 81.4 Å². The van der Waals surface area contributed by atoms with E-state index in [1.54, 1.807) is 0 Å². The molecule has 4 nitrogen and oxygen atoms in total. The fourth-order valence-electron chi connectivity index (χ4n) is 4.12. The third kappa shape index (κ3) is 5.46. The molecule has 28 heavy (non-hydrogen) atoms. The van der Waals surface area contributed by atoms with E-state index in [4.69, 9.17) is 19.4 Å². The molecule has 0 atom stereocenters. The Hall–Kier alpha value is -2.11. The van der Waals surface area contributed by atoms with Crippen molar-refractivity contribution in [2.45, 2.75) is 64.0 Å². The summed E-state index contributed by atoms with van der Waals surface area (Å²) in [6.07, 6.45) is 4.98. The molecule has 0 bridgehead atoms. The third-order valence-corrected chi connectivity index (χ3v) is 10.4. The summed E-state index contributed by atoms with van der Waals surface area (Å²) < 4.78 is 7.15. The van der Waals surface area contributed by atoms with Gasteiger partial charge in [-0.25, -0.2) is 4.79 Å². The van der Waals surface area contributed by atoms with Gasteiger partial charge in [-0.15, -0.1) is 0 Å².